The SMILES string of the molecule is NC1(C(=O)NCCS(N)(=O)=O)CCCCC1. The third kappa shape index (κ3) is 4.07. The Kier molecular flexibility index (Phi) is 4.28. The van der Waals surface area contributed by atoms with Crippen molar-refractivity contribution >= 4 is 15.9 Å². The maximum Gasteiger partial charge on any atom is 0.240 e. The Morgan fingerprint density at radius 2 is 1.81 bits per heavy atom. The first kappa shape index (κ1) is 13.4. The van der Waals surface area contributed by atoms with E-state index in [9.17, 15) is 13.2 Å². The molecule has 5 N–H and O–H groups in total. The van der Waals surface area contributed by atoms with Gasteiger partial charge < -0.3 is 11.1 Å². The molecule has 0 aliphatic heterocycles. The third-order valence-corrected chi connectivity index (χ3v) is 3.64. The van der Waals surface area contributed by atoms with Crippen molar-refractivity contribution in [3.05, 3.63) is 0 Å². The van der Waals surface area contributed by atoms with Crippen molar-refractivity contribution in [2.75, 3.05) is 12.3 Å². The second kappa shape index (κ2) is 5.11. The van der Waals surface area contributed by atoms with E-state index in [-0.39, 0.29) is 18.2 Å². The first-order valence-electron chi connectivity index (χ1n) is 5.41. The highest BCUT2D eigenvalue weighted by molar-refractivity contribution is 7.89. The van der Waals surface area contributed by atoms with Crippen LogP contribution in [0.1, 0.15) is 32.1 Å². The van der Waals surface area contributed by atoms with Crippen molar-refractivity contribution in [2.24, 2.45) is 10.9 Å². The van der Waals surface area contributed by atoms with Crippen molar-refractivity contribution in [1.29, 1.82) is 0 Å². The van der Waals surface area contributed by atoms with Gasteiger partial charge in [-0.25, -0.2) is 13.6 Å². The van der Waals surface area contributed by atoms with Gasteiger partial charge in [-0.2, -0.15) is 0 Å². The van der Waals surface area contributed by atoms with E-state index >= 15 is 0 Å². The fourth-order valence-corrected chi connectivity index (χ4v) is 2.28. The van der Waals surface area contributed by atoms with Gasteiger partial charge in [0, 0.05) is 6.54 Å². The number of hydrogen-bond donors (Lipinski definition) is 3. The maximum absolute atomic E-state index is 11.7. The second-order valence-electron chi connectivity index (χ2n) is 4.34. The van der Waals surface area contributed by atoms with E-state index in [4.69, 9.17) is 10.9 Å². The molecule has 1 aliphatic rings. The van der Waals surface area contributed by atoms with Crippen LogP contribution in [0.4, 0.5) is 0 Å². The van der Waals surface area contributed by atoms with Crippen LogP contribution in [0.5, 0.6) is 0 Å². The Morgan fingerprint density at radius 1 is 1.25 bits per heavy atom. The molecule has 0 aromatic carbocycles. The molecule has 0 aromatic heterocycles. The summed E-state index contributed by atoms with van der Waals surface area (Å²) >= 11 is 0. The van der Waals surface area contributed by atoms with Crippen LogP contribution in [0.25, 0.3) is 0 Å². The van der Waals surface area contributed by atoms with E-state index in [1.807, 2.05) is 0 Å². The Labute approximate surface area is 95.8 Å². The van der Waals surface area contributed by atoms with Crippen LogP contribution in [0.2, 0.25) is 0 Å². The number of carbonyl (C=O) groups excluding carboxylic acids is 1. The Morgan fingerprint density at radius 3 is 2.31 bits per heavy atom. The molecule has 1 amide bonds. The minimum Gasteiger partial charge on any atom is -0.353 e. The second-order valence-corrected chi connectivity index (χ2v) is 6.07. The molecule has 6 nitrogen and oxygen atoms in total. The zero-order valence-electron chi connectivity index (χ0n) is 9.24. The van der Waals surface area contributed by atoms with Gasteiger partial charge in [0.2, 0.25) is 15.9 Å². The van der Waals surface area contributed by atoms with Gasteiger partial charge in [-0.1, -0.05) is 19.3 Å². The number of primary sulfonamides is 1. The summed E-state index contributed by atoms with van der Waals surface area (Å²) in [5.41, 5.74) is 5.14. The molecule has 0 unspecified atom stereocenters. The molecular weight excluding hydrogens is 230 g/mol. The van der Waals surface area contributed by atoms with Crippen LogP contribution in [0, 0.1) is 0 Å². The van der Waals surface area contributed by atoms with Gasteiger partial charge in [-0.05, 0) is 12.8 Å². The molecule has 0 radical (unpaired) electrons. The average Bonchev–Trinajstić information content (AvgIpc) is 2.16. The Hall–Kier alpha value is -0.660. The molecular formula is C9H19N3O3S. The summed E-state index contributed by atoms with van der Waals surface area (Å²) in [7, 11) is -3.53. The van der Waals surface area contributed by atoms with Crippen molar-refractivity contribution in [2.45, 2.75) is 37.6 Å². The molecule has 0 atom stereocenters. The number of nitrogens with two attached hydrogens (primary N) is 2. The van der Waals surface area contributed by atoms with E-state index in [1.54, 1.807) is 0 Å². The summed E-state index contributed by atoms with van der Waals surface area (Å²) in [6.07, 6.45) is 4.31. The lowest BCUT2D eigenvalue weighted by Crippen LogP contribution is -2.55. The highest BCUT2D eigenvalue weighted by Gasteiger charge is 2.34. The zero-order valence-corrected chi connectivity index (χ0v) is 10.1. The van der Waals surface area contributed by atoms with E-state index in [0.29, 0.717) is 12.8 Å². The standard InChI is InChI=1S/C9H19N3O3S/c10-9(4-2-1-3-5-9)8(13)12-6-7-16(11,14)15/h1-7,10H2,(H,12,13)(H2,11,14,15). The fraction of sp³-hybridized carbons (Fsp3) is 0.889. The number of hydrogen-bond acceptors (Lipinski definition) is 4. The molecule has 1 aliphatic carbocycles. The van der Waals surface area contributed by atoms with Crippen molar-refractivity contribution in [3.63, 3.8) is 0 Å². The van der Waals surface area contributed by atoms with Crippen LogP contribution in [0.15, 0.2) is 0 Å². The lowest BCUT2D eigenvalue weighted by atomic mass is 9.82. The maximum atomic E-state index is 11.7. The van der Waals surface area contributed by atoms with Crippen LogP contribution in [0.3, 0.4) is 0 Å². The number of sulfonamides is 1. The molecule has 1 rings (SSSR count). The monoisotopic (exact) mass is 249 g/mol. The van der Waals surface area contributed by atoms with Gasteiger partial charge in [0.25, 0.3) is 0 Å². The summed E-state index contributed by atoms with van der Waals surface area (Å²) in [6, 6.07) is 0. The molecule has 7 heteroatoms. The quantitative estimate of drug-likeness (QED) is 0.596. The normalized spacial score (nSPS) is 20.4. The summed E-state index contributed by atoms with van der Waals surface area (Å²) in [5.74, 6) is -0.523. The van der Waals surface area contributed by atoms with Gasteiger partial charge in [0.15, 0.2) is 0 Å². The predicted octanol–water partition coefficient (Wildman–Crippen LogP) is -0.947. The number of amides is 1. The summed E-state index contributed by atoms with van der Waals surface area (Å²) in [4.78, 5) is 11.7. The summed E-state index contributed by atoms with van der Waals surface area (Å²) in [5, 5.41) is 7.35. The van der Waals surface area contributed by atoms with E-state index in [1.165, 1.54) is 0 Å². The van der Waals surface area contributed by atoms with E-state index < -0.39 is 15.6 Å². The Bertz CT molecular complexity index is 347. The van der Waals surface area contributed by atoms with Crippen molar-refractivity contribution in [1.82, 2.24) is 5.32 Å². The number of carbonyl (C=O) groups is 1. The largest absolute Gasteiger partial charge is 0.353 e. The molecule has 0 aromatic rings. The lowest BCUT2D eigenvalue weighted by molar-refractivity contribution is -0.127. The third-order valence-electron chi connectivity index (χ3n) is 2.87. The Balaban J connectivity index is 2.39. The highest BCUT2D eigenvalue weighted by Crippen LogP contribution is 2.25. The number of rotatable bonds is 4. The zero-order chi connectivity index (χ0) is 12.2. The number of nitrogens with one attached hydrogen (secondary N) is 1. The van der Waals surface area contributed by atoms with Gasteiger partial charge >= 0.3 is 0 Å². The van der Waals surface area contributed by atoms with Crippen LogP contribution in [-0.2, 0) is 14.8 Å². The van der Waals surface area contributed by atoms with Gasteiger partial charge in [0.1, 0.15) is 0 Å². The van der Waals surface area contributed by atoms with E-state index in [2.05, 4.69) is 5.32 Å². The molecule has 16 heavy (non-hydrogen) atoms. The smallest absolute Gasteiger partial charge is 0.240 e. The van der Waals surface area contributed by atoms with Crippen LogP contribution in [-0.4, -0.2) is 32.2 Å². The first-order valence-corrected chi connectivity index (χ1v) is 7.13. The predicted molar refractivity (Wildman–Crippen MR) is 61.0 cm³/mol. The molecule has 0 bridgehead atoms. The summed E-state index contributed by atoms with van der Waals surface area (Å²) < 4.78 is 21.3. The summed E-state index contributed by atoms with van der Waals surface area (Å²) in [6.45, 7) is 0.0244. The van der Waals surface area contributed by atoms with Crippen LogP contribution < -0.4 is 16.2 Å². The molecule has 1 fully saturated rings. The lowest BCUT2D eigenvalue weighted by Gasteiger charge is -2.31. The van der Waals surface area contributed by atoms with Gasteiger partial charge in [-0.3, -0.25) is 4.79 Å². The molecule has 1 saturated carbocycles. The molecule has 0 saturated heterocycles. The van der Waals surface area contributed by atoms with Crippen LogP contribution >= 0.6 is 0 Å². The molecule has 94 valence electrons. The van der Waals surface area contributed by atoms with Gasteiger partial charge in [-0.15, -0.1) is 0 Å². The molecule has 0 spiro atoms. The topological polar surface area (TPSA) is 115 Å². The minimum absolute atomic E-state index is 0.0244. The van der Waals surface area contributed by atoms with E-state index in [0.717, 1.165) is 19.3 Å². The minimum atomic E-state index is -3.53. The van der Waals surface area contributed by atoms with Crippen molar-refractivity contribution < 1.29 is 13.2 Å². The van der Waals surface area contributed by atoms with Gasteiger partial charge in [0.05, 0.1) is 11.3 Å². The van der Waals surface area contributed by atoms with Crippen molar-refractivity contribution in [3.8, 4) is 0 Å². The molecule has 0 heterocycles. The first-order chi connectivity index (χ1) is 7.33. The average molecular weight is 249 g/mol. The highest BCUT2D eigenvalue weighted by atomic mass is 32.2. The fourth-order valence-electron chi connectivity index (χ4n) is 1.89.